The second-order valence-corrected chi connectivity index (χ2v) is 4.95. The topological polar surface area (TPSA) is 86.4 Å². The molecule has 1 amide bonds. The van der Waals surface area contributed by atoms with E-state index in [4.69, 9.17) is 4.74 Å². The zero-order chi connectivity index (χ0) is 15.9. The van der Waals surface area contributed by atoms with Crippen LogP contribution >= 0.6 is 0 Å². The van der Waals surface area contributed by atoms with Crippen molar-refractivity contribution in [1.82, 2.24) is 14.3 Å². The summed E-state index contributed by atoms with van der Waals surface area (Å²) in [7, 11) is 1.54. The van der Waals surface area contributed by atoms with Crippen molar-refractivity contribution < 1.29 is 14.3 Å². The zero-order valence-corrected chi connectivity index (χ0v) is 12.1. The fourth-order valence-corrected chi connectivity index (χ4v) is 2.41. The summed E-state index contributed by atoms with van der Waals surface area (Å²) in [6, 6.07) is 6.61. The Bertz CT molecular complexity index is 820. The fourth-order valence-electron chi connectivity index (χ4n) is 2.41. The molecule has 8 heteroatoms. The lowest BCUT2D eigenvalue weighted by atomic mass is 10.3. The Morgan fingerprint density at radius 3 is 2.82 bits per heavy atom. The van der Waals surface area contributed by atoms with Gasteiger partial charge in [-0.25, -0.2) is 14.3 Å². The Hall–Kier alpha value is -2.90. The number of fused-ring (bicyclic) bond motifs is 1. The van der Waals surface area contributed by atoms with Gasteiger partial charge in [0, 0.05) is 11.8 Å². The summed E-state index contributed by atoms with van der Waals surface area (Å²) in [4.78, 5) is 40.9. The van der Waals surface area contributed by atoms with Crippen LogP contribution in [0.1, 0.15) is 12.7 Å². The Labute approximate surface area is 125 Å². The van der Waals surface area contributed by atoms with E-state index in [2.05, 4.69) is 4.98 Å². The van der Waals surface area contributed by atoms with Gasteiger partial charge in [0.1, 0.15) is 12.3 Å². The molecule has 1 aliphatic rings. The van der Waals surface area contributed by atoms with Crippen molar-refractivity contribution in [3.8, 4) is 5.75 Å². The molecule has 114 valence electrons. The number of amides is 1. The number of carbonyl (C=O) groups excluding carboxylic acids is 2. The first-order valence-corrected chi connectivity index (χ1v) is 6.65. The lowest BCUT2D eigenvalue weighted by Crippen LogP contribution is -2.35. The van der Waals surface area contributed by atoms with Crippen LogP contribution in [0.2, 0.25) is 0 Å². The number of benzene rings is 1. The average Bonchev–Trinajstić information content (AvgIpc) is 2.96. The Morgan fingerprint density at radius 1 is 1.36 bits per heavy atom. The van der Waals surface area contributed by atoms with Gasteiger partial charge in [-0.2, -0.15) is 9.67 Å². The van der Waals surface area contributed by atoms with E-state index in [1.165, 1.54) is 11.8 Å². The lowest BCUT2D eigenvalue weighted by molar-refractivity contribution is -0.117. The Kier molecular flexibility index (Phi) is 3.28. The molecule has 0 saturated carbocycles. The minimum atomic E-state index is -0.594. The van der Waals surface area contributed by atoms with E-state index >= 15 is 0 Å². The highest BCUT2D eigenvalue weighted by atomic mass is 16.5. The number of nitrogens with zero attached hydrogens (tertiary/aromatic N) is 4. The molecule has 0 fully saturated rings. The third kappa shape index (κ3) is 2.18. The van der Waals surface area contributed by atoms with E-state index in [0.717, 1.165) is 9.36 Å². The van der Waals surface area contributed by atoms with Gasteiger partial charge in [-0.1, -0.05) is 6.07 Å². The number of rotatable bonds is 4. The average molecular weight is 302 g/mol. The summed E-state index contributed by atoms with van der Waals surface area (Å²) in [5, 5.41) is 0. The number of methoxy groups -OCH3 is 1. The van der Waals surface area contributed by atoms with Gasteiger partial charge in [0.25, 0.3) is 0 Å². The molecule has 2 heterocycles. The number of carbonyl (C=O) groups is 2. The van der Waals surface area contributed by atoms with Crippen molar-refractivity contribution in [2.75, 3.05) is 12.0 Å². The first-order valence-electron chi connectivity index (χ1n) is 6.65. The van der Waals surface area contributed by atoms with E-state index in [-0.39, 0.29) is 18.9 Å². The van der Waals surface area contributed by atoms with Gasteiger partial charge >= 0.3 is 11.7 Å². The van der Waals surface area contributed by atoms with E-state index in [1.54, 1.807) is 31.4 Å². The van der Waals surface area contributed by atoms with Crippen LogP contribution in [0.25, 0.3) is 0 Å². The number of hydrogen-bond donors (Lipinski definition) is 0. The predicted octanol–water partition coefficient (Wildman–Crippen LogP) is 0.631. The van der Waals surface area contributed by atoms with Gasteiger partial charge < -0.3 is 4.74 Å². The third-order valence-corrected chi connectivity index (χ3v) is 3.38. The molecule has 0 atom stereocenters. The van der Waals surface area contributed by atoms with Crippen LogP contribution in [0, 0.1) is 0 Å². The molecule has 3 rings (SSSR count). The Morgan fingerprint density at radius 2 is 2.14 bits per heavy atom. The molecular formula is C14H14N4O4. The summed E-state index contributed by atoms with van der Waals surface area (Å²) in [6.45, 7) is 1.35. The molecule has 0 spiro atoms. The van der Waals surface area contributed by atoms with Crippen LogP contribution in [0.15, 0.2) is 29.1 Å². The van der Waals surface area contributed by atoms with E-state index in [0.29, 0.717) is 17.3 Å². The monoisotopic (exact) mass is 302 g/mol. The highest BCUT2D eigenvalue weighted by molar-refractivity contribution is 5.96. The fraction of sp³-hybridized carbons (Fsp3) is 0.286. The number of aromatic nitrogens is 3. The molecule has 0 bridgehead atoms. The molecule has 0 radical (unpaired) electrons. The van der Waals surface area contributed by atoms with E-state index in [9.17, 15) is 14.4 Å². The van der Waals surface area contributed by atoms with Crippen LogP contribution in [-0.4, -0.2) is 33.3 Å². The van der Waals surface area contributed by atoms with Crippen LogP contribution in [0.5, 0.6) is 5.75 Å². The predicted molar refractivity (Wildman–Crippen MR) is 77.1 cm³/mol. The maximum Gasteiger partial charge on any atom is 0.365 e. The van der Waals surface area contributed by atoms with Gasteiger partial charge in [-0.05, 0) is 19.1 Å². The molecule has 0 unspecified atom stereocenters. The lowest BCUT2D eigenvalue weighted by Gasteiger charge is -2.16. The van der Waals surface area contributed by atoms with Crippen LogP contribution in [0.4, 0.5) is 10.5 Å². The standard InChI is InChI=1S/C14H14N4O4/c1-9(19)7-17-13(20)15-12-8-16(14(21)18(12)17)10-4-3-5-11(6-10)22-2/h3-6H,7-8H2,1-2H3. The zero-order valence-electron chi connectivity index (χ0n) is 12.1. The molecule has 0 saturated heterocycles. The van der Waals surface area contributed by atoms with Crippen LogP contribution in [-0.2, 0) is 17.9 Å². The molecule has 22 heavy (non-hydrogen) atoms. The first kappa shape index (κ1) is 14.1. The molecule has 0 aliphatic carbocycles. The number of Topliss-reactive ketones (excluding diaryl/α,β-unsaturated/α-hetero) is 1. The number of ether oxygens (including phenoxy) is 1. The van der Waals surface area contributed by atoms with Crippen LogP contribution < -0.4 is 15.3 Å². The number of ketones is 1. The smallest absolute Gasteiger partial charge is 0.365 e. The van der Waals surface area contributed by atoms with E-state index < -0.39 is 11.7 Å². The summed E-state index contributed by atoms with van der Waals surface area (Å²) in [6.07, 6.45) is 0. The van der Waals surface area contributed by atoms with Crippen molar-refractivity contribution in [2.45, 2.75) is 20.0 Å². The summed E-state index contributed by atoms with van der Waals surface area (Å²) in [5.74, 6) is 0.715. The second-order valence-electron chi connectivity index (χ2n) is 4.95. The van der Waals surface area contributed by atoms with Gasteiger partial charge in [-0.3, -0.25) is 9.69 Å². The first-order chi connectivity index (χ1) is 10.5. The van der Waals surface area contributed by atoms with Crippen molar-refractivity contribution in [1.29, 1.82) is 0 Å². The third-order valence-electron chi connectivity index (χ3n) is 3.38. The van der Waals surface area contributed by atoms with Gasteiger partial charge in [0.15, 0.2) is 11.6 Å². The molecule has 2 aromatic rings. The number of hydrogen-bond acceptors (Lipinski definition) is 5. The quantitative estimate of drug-likeness (QED) is 0.827. The van der Waals surface area contributed by atoms with Crippen molar-refractivity contribution in [3.05, 3.63) is 40.6 Å². The minimum absolute atomic E-state index is 0.173. The van der Waals surface area contributed by atoms with Gasteiger partial charge in [0.05, 0.1) is 13.7 Å². The summed E-state index contributed by atoms with van der Waals surface area (Å²) in [5.41, 5.74) is 0.0421. The Balaban J connectivity index is 1.99. The molecule has 0 N–H and O–H groups in total. The van der Waals surface area contributed by atoms with Gasteiger partial charge in [-0.15, -0.1) is 0 Å². The normalized spacial score (nSPS) is 13.4. The minimum Gasteiger partial charge on any atom is -0.497 e. The highest BCUT2D eigenvalue weighted by Gasteiger charge is 2.33. The molecule has 8 nitrogen and oxygen atoms in total. The number of anilines is 1. The largest absolute Gasteiger partial charge is 0.497 e. The molecule has 1 aliphatic heterocycles. The summed E-state index contributed by atoms with van der Waals surface area (Å²) >= 11 is 0. The molecule has 1 aromatic carbocycles. The molecule has 1 aromatic heterocycles. The van der Waals surface area contributed by atoms with Gasteiger partial charge in [0.2, 0.25) is 0 Å². The van der Waals surface area contributed by atoms with Crippen LogP contribution in [0.3, 0.4) is 0 Å². The second kappa shape index (κ2) is 5.14. The maximum atomic E-state index is 12.5. The summed E-state index contributed by atoms with van der Waals surface area (Å²) < 4.78 is 7.36. The maximum absolute atomic E-state index is 12.5. The van der Waals surface area contributed by atoms with E-state index in [1.807, 2.05) is 0 Å². The SMILES string of the molecule is COc1cccc(N2Cc3nc(=O)n(CC(C)=O)n3C2=O)c1. The van der Waals surface area contributed by atoms with Crippen molar-refractivity contribution >= 4 is 17.5 Å². The molecular weight excluding hydrogens is 288 g/mol. The highest BCUT2D eigenvalue weighted by Crippen LogP contribution is 2.26. The van der Waals surface area contributed by atoms with Crippen molar-refractivity contribution in [2.24, 2.45) is 0 Å². The van der Waals surface area contributed by atoms with Crippen molar-refractivity contribution in [3.63, 3.8) is 0 Å².